The number of rotatable bonds is 8. The minimum absolute atomic E-state index is 0.0411. The number of halogens is 1. The van der Waals surface area contributed by atoms with Gasteiger partial charge in [0.1, 0.15) is 11.6 Å². The molecule has 0 fully saturated rings. The topological polar surface area (TPSA) is 113 Å². The number of carbonyl (C=O) groups is 3. The fraction of sp³-hybridized carbons (Fsp3) is 0.478. The highest BCUT2D eigenvalue weighted by Crippen LogP contribution is 2.25. The van der Waals surface area contributed by atoms with E-state index in [1.165, 1.54) is 48.1 Å². The smallest absolute Gasteiger partial charge is 0.273 e. The number of carbonyl (C=O) groups excluding carboxylic acids is 3. The zero-order valence-corrected chi connectivity index (χ0v) is 21.2. The molecule has 1 aromatic carbocycles. The number of benzene rings is 1. The highest BCUT2D eigenvalue weighted by Gasteiger charge is 2.24. The van der Waals surface area contributed by atoms with Gasteiger partial charge in [-0.05, 0) is 56.6 Å². The van der Waals surface area contributed by atoms with E-state index in [-0.39, 0.29) is 23.8 Å². The Balaban J connectivity index is 2.08. The van der Waals surface area contributed by atoms with Crippen molar-refractivity contribution in [1.82, 2.24) is 24.7 Å². The van der Waals surface area contributed by atoms with E-state index in [9.17, 15) is 23.0 Å². The van der Waals surface area contributed by atoms with Crippen molar-refractivity contribution in [3.8, 4) is 0 Å². The molecular weight excluding hydrogens is 461 g/mol. The lowest BCUT2D eigenvalue weighted by molar-refractivity contribution is -0.121. The van der Waals surface area contributed by atoms with Crippen molar-refractivity contribution in [1.29, 1.82) is 0 Å². The summed E-state index contributed by atoms with van der Waals surface area (Å²) in [5.41, 5.74) is 5.74. The maximum Gasteiger partial charge on any atom is 0.336 e. The quantitative estimate of drug-likeness (QED) is 0.549. The molecule has 2 aromatic rings. The maximum atomic E-state index is 13.4. The molecule has 0 aliphatic heterocycles. The lowest BCUT2D eigenvalue weighted by Crippen LogP contribution is -2.41. The van der Waals surface area contributed by atoms with E-state index in [0.717, 1.165) is 6.42 Å². The van der Waals surface area contributed by atoms with E-state index < -0.39 is 33.9 Å². The first-order valence-corrected chi connectivity index (χ1v) is 12.0. The number of nitrogens with one attached hydrogen (secondary N) is 2. The van der Waals surface area contributed by atoms with Crippen LogP contribution < -0.4 is 10.9 Å². The molecule has 2 N–H and O–H groups in total. The van der Waals surface area contributed by atoms with E-state index in [2.05, 4.69) is 36.6 Å². The number of hydrogen-bond donors (Lipinski definition) is 2. The van der Waals surface area contributed by atoms with Gasteiger partial charge in [0.2, 0.25) is 5.91 Å². The van der Waals surface area contributed by atoms with Gasteiger partial charge in [0.25, 0.3) is 5.91 Å². The van der Waals surface area contributed by atoms with E-state index in [1.807, 2.05) is 0 Å². The fourth-order valence-corrected chi connectivity index (χ4v) is 3.66. The number of hydrazine groups is 1. The van der Waals surface area contributed by atoms with Crippen LogP contribution in [0.3, 0.4) is 0 Å². The minimum Gasteiger partial charge on any atom is -0.273 e. The third-order valence-corrected chi connectivity index (χ3v) is 6.59. The molecule has 9 nitrogen and oxygen atoms in total. The van der Waals surface area contributed by atoms with E-state index in [0.29, 0.717) is 23.5 Å². The van der Waals surface area contributed by atoms with Crippen molar-refractivity contribution in [3.63, 3.8) is 0 Å². The molecule has 186 valence electrons. The van der Waals surface area contributed by atoms with E-state index >= 15 is 0 Å². The van der Waals surface area contributed by atoms with Gasteiger partial charge in [-0.25, -0.2) is 17.9 Å². The Hall–Kier alpha value is -2.92. The van der Waals surface area contributed by atoms with Gasteiger partial charge in [-0.2, -0.15) is 0 Å². The Morgan fingerprint density at radius 2 is 1.88 bits per heavy atom. The monoisotopic (exact) mass is 493 g/mol. The van der Waals surface area contributed by atoms with Gasteiger partial charge in [0.05, 0.1) is 5.69 Å². The third-order valence-electron chi connectivity index (χ3n) is 5.43. The largest absolute Gasteiger partial charge is 0.336 e. The molecule has 1 unspecified atom stereocenters. The molecule has 1 atom stereocenters. The fourth-order valence-electron chi connectivity index (χ4n) is 3.02. The summed E-state index contributed by atoms with van der Waals surface area (Å²) >= 11 is 0. The van der Waals surface area contributed by atoms with Gasteiger partial charge in [-0.3, -0.25) is 29.8 Å². The van der Waals surface area contributed by atoms with Crippen LogP contribution in [0.15, 0.2) is 24.4 Å². The highest BCUT2D eigenvalue weighted by atomic mass is 32.2. The molecule has 0 aliphatic carbocycles. The molecular formula is C23H32FN5O4S. The molecule has 2 amide bonds. The number of amides is 2. The second-order valence-electron chi connectivity index (χ2n) is 9.01. The molecule has 0 bridgehead atoms. The van der Waals surface area contributed by atoms with Crippen LogP contribution in [-0.2, 0) is 28.6 Å². The molecule has 1 heterocycles. The van der Waals surface area contributed by atoms with Crippen LogP contribution in [0.4, 0.5) is 9.18 Å². The summed E-state index contributed by atoms with van der Waals surface area (Å²) in [4.78, 5) is 41.7. The summed E-state index contributed by atoms with van der Waals surface area (Å²) in [6, 6.07) is 3.87. The first-order chi connectivity index (χ1) is 15.8. The van der Waals surface area contributed by atoms with Crippen LogP contribution in [0.2, 0.25) is 0 Å². The molecule has 34 heavy (non-hydrogen) atoms. The van der Waals surface area contributed by atoms with Crippen LogP contribution in [0.1, 0.15) is 61.1 Å². The molecule has 0 spiro atoms. The average molecular weight is 494 g/mol. The summed E-state index contributed by atoms with van der Waals surface area (Å²) in [5, 5.41) is -0.645. The SMILES string of the molecule is CCC(C)(C)Cc1cn(C(=O)S(=O)N(C)C)c(CCC(=O)NNC(=O)c2ccc(F)c(C)c2)n1. The van der Waals surface area contributed by atoms with Crippen molar-refractivity contribution < 1.29 is 23.0 Å². The lowest BCUT2D eigenvalue weighted by atomic mass is 9.85. The summed E-state index contributed by atoms with van der Waals surface area (Å²) < 4.78 is 28.2. The molecule has 2 rings (SSSR count). The van der Waals surface area contributed by atoms with E-state index in [4.69, 9.17) is 0 Å². The van der Waals surface area contributed by atoms with Gasteiger partial charge in [0, 0.05) is 24.6 Å². The minimum atomic E-state index is -1.90. The van der Waals surface area contributed by atoms with Crippen LogP contribution >= 0.6 is 0 Å². The zero-order chi connectivity index (χ0) is 25.6. The van der Waals surface area contributed by atoms with Crippen molar-refractivity contribution in [2.45, 2.75) is 53.4 Å². The first kappa shape index (κ1) is 27.3. The zero-order valence-electron chi connectivity index (χ0n) is 20.4. The molecule has 0 saturated carbocycles. The number of aromatic nitrogens is 2. The van der Waals surface area contributed by atoms with Gasteiger partial charge < -0.3 is 0 Å². The van der Waals surface area contributed by atoms with Crippen molar-refractivity contribution >= 4 is 28.0 Å². The second-order valence-corrected chi connectivity index (χ2v) is 10.6. The van der Waals surface area contributed by atoms with Gasteiger partial charge >= 0.3 is 5.24 Å². The average Bonchev–Trinajstić information content (AvgIpc) is 3.18. The summed E-state index contributed by atoms with van der Waals surface area (Å²) in [7, 11) is 1.16. The van der Waals surface area contributed by atoms with Crippen LogP contribution in [0.25, 0.3) is 0 Å². The van der Waals surface area contributed by atoms with Gasteiger partial charge in [-0.15, -0.1) is 0 Å². The maximum absolute atomic E-state index is 13.4. The van der Waals surface area contributed by atoms with Crippen molar-refractivity contribution in [3.05, 3.63) is 52.9 Å². The Bertz CT molecular complexity index is 1100. The first-order valence-electron chi connectivity index (χ1n) is 10.9. The van der Waals surface area contributed by atoms with Gasteiger partial charge in [0.15, 0.2) is 11.0 Å². The Kier molecular flexibility index (Phi) is 9.22. The number of imidazole rings is 1. The molecule has 11 heteroatoms. The summed E-state index contributed by atoms with van der Waals surface area (Å²) in [5.74, 6) is -1.20. The molecule has 1 aromatic heterocycles. The molecule has 0 aliphatic rings. The van der Waals surface area contributed by atoms with Crippen LogP contribution in [0.5, 0.6) is 0 Å². The number of aryl methyl sites for hydroxylation is 2. The highest BCUT2D eigenvalue weighted by molar-refractivity contribution is 7.98. The third kappa shape index (κ3) is 7.29. The second kappa shape index (κ2) is 11.5. The number of nitrogens with zero attached hydrogens (tertiary/aromatic N) is 3. The van der Waals surface area contributed by atoms with E-state index in [1.54, 1.807) is 6.20 Å². The lowest BCUT2D eigenvalue weighted by Gasteiger charge is -2.20. The van der Waals surface area contributed by atoms with Crippen LogP contribution in [0, 0.1) is 18.2 Å². The Labute approximate surface area is 201 Å². The Morgan fingerprint density at radius 1 is 1.21 bits per heavy atom. The Morgan fingerprint density at radius 3 is 2.47 bits per heavy atom. The predicted molar refractivity (Wildman–Crippen MR) is 128 cm³/mol. The summed E-state index contributed by atoms with van der Waals surface area (Å²) in [6.07, 6.45) is 3.12. The number of hydrogen-bond acceptors (Lipinski definition) is 5. The molecule has 0 saturated heterocycles. The van der Waals surface area contributed by atoms with Crippen LogP contribution in [-0.4, -0.2) is 49.2 Å². The van der Waals surface area contributed by atoms with Crippen molar-refractivity contribution in [2.75, 3.05) is 14.1 Å². The summed E-state index contributed by atoms with van der Waals surface area (Å²) in [6.45, 7) is 7.78. The van der Waals surface area contributed by atoms with Crippen molar-refractivity contribution in [2.24, 2.45) is 5.41 Å². The normalized spacial score (nSPS) is 12.5. The standard InChI is InChI=1S/C23H32FN5O4S/c1-7-23(3,4)13-17-14-29(22(32)34(33)28(5)6)19(25-17)10-11-20(30)26-27-21(31)16-8-9-18(24)15(2)12-16/h8-9,12,14H,7,10-11,13H2,1-6H3,(H,26,30)(H,27,31). The predicted octanol–water partition coefficient (Wildman–Crippen LogP) is 2.90. The molecule has 0 radical (unpaired) electrons. The van der Waals surface area contributed by atoms with Gasteiger partial charge in [-0.1, -0.05) is 27.2 Å².